The molecule has 0 aromatic carbocycles. The lowest BCUT2D eigenvalue weighted by molar-refractivity contribution is 0.125. The van der Waals surface area contributed by atoms with Crippen molar-refractivity contribution in [1.29, 1.82) is 0 Å². The van der Waals surface area contributed by atoms with Gasteiger partial charge in [0.05, 0.1) is 11.0 Å². The van der Waals surface area contributed by atoms with Crippen LogP contribution in [0, 0.1) is 5.41 Å². The van der Waals surface area contributed by atoms with Gasteiger partial charge in [0.25, 0.3) is 0 Å². The molecule has 5 nitrogen and oxygen atoms in total. The van der Waals surface area contributed by atoms with E-state index in [-0.39, 0.29) is 16.9 Å². The summed E-state index contributed by atoms with van der Waals surface area (Å²) in [4.78, 5) is 2.86. The van der Waals surface area contributed by atoms with Crippen molar-refractivity contribution in [2.45, 2.75) is 38.2 Å². The van der Waals surface area contributed by atoms with Crippen molar-refractivity contribution in [2.75, 3.05) is 6.54 Å². The van der Waals surface area contributed by atoms with Gasteiger partial charge in [-0.3, -0.25) is 0 Å². The number of aromatic nitrogens is 1. The van der Waals surface area contributed by atoms with Crippen molar-refractivity contribution >= 4 is 10.0 Å². The maximum Gasteiger partial charge on any atom is 0.242 e. The molecule has 1 aromatic rings. The second kappa shape index (κ2) is 5.20. The topological polar surface area (TPSA) is 82.2 Å². The summed E-state index contributed by atoms with van der Waals surface area (Å²) in [6, 6.07) is 1.47. The molecule has 17 heavy (non-hydrogen) atoms. The number of sulfonamides is 1. The van der Waals surface area contributed by atoms with Gasteiger partial charge in [0.1, 0.15) is 0 Å². The van der Waals surface area contributed by atoms with Crippen LogP contribution in [0.15, 0.2) is 23.4 Å². The summed E-state index contributed by atoms with van der Waals surface area (Å²) in [7, 11) is -3.51. The van der Waals surface area contributed by atoms with E-state index >= 15 is 0 Å². The zero-order valence-corrected chi connectivity index (χ0v) is 11.2. The largest absolute Gasteiger partial charge is 0.392 e. The molecule has 1 unspecified atom stereocenters. The highest BCUT2D eigenvalue weighted by molar-refractivity contribution is 7.89. The Morgan fingerprint density at radius 1 is 1.47 bits per heavy atom. The van der Waals surface area contributed by atoms with Gasteiger partial charge in [0, 0.05) is 18.9 Å². The first-order chi connectivity index (χ1) is 7.71. The minimum absolute atomic E-state index is 0.0288. The molecule has 0 aliphatic rings. The Bertz CT molecular complexity index is 432. The Balaban J connectivity index is 2.51. The van der Waals surface area contributed by atoms with Crippen LogP contribution in [-0.4, -0.2) is 31.2 Å². The van der Waals surface area contributed by atoms with Gasteiger partial charge < -0.3 is 10.1 Å². The summed E-state index contributed by atoms with van der Waals surface area (Å²) < 4.78 is 25.8. The SMILES string of the molecule is CC(C)(C)CC(O)CNS(=O)(=O)c1cc[nH]c1. The molecule has 0 fully saturated rings. The molecule has 6 heteroatoms. The molecule has 0 aliphatic carbocycles. The quantitative estimate of drug-likeness (QED) is 0.741. The Labute approximate surface area is 102 Å². The zero-order valence-electron chi connectivity index (χ0n) is 10.4. The lowest BCUT2D eigenvalue weighted by atomic mass is 9.89. The molecule has 1 heterocycles. The van der Waals surface area contributed by atoms with E-state index in [9.17, 15) is 13.5 Å². The standard InChI is InChI=1S/C11H20N2O3S/c1-11(2,3)6-9(14)7-13-17(15,16)10-4-5-12-8-10/h4-5,8-9,12-14H,6-7H2,1-3H3. The maximum atomic E-state index is 11.7. The number of rotatable bonds is 5. The van der Waals surface area contributed by atoms with Crippen molar-refractivity contribution in [2.24, 2.45) is 5.41 Å². The van der Waals surface area contributed by atoms with Gasteiger partial charge in [0.15, 0.2) is 0 Å². The summed E-state index contributed by atoms with van der Waals surface area (Å²) in [5, 5.41) is 9.71. The van der Waals surface area contributed by atoms with E-state index < -0.39 is 16.1 Å². The third-order valence-electron chi connectivity index (χ3n) is 2.24. The summed E-state index contributed by atoms with van der Waals surface area (Å²) in [5.41, 5.74) is -0.0288. The van der Waals surface area contributed by atoms with Crippen LogP contribution < -0.4 is 4.72 Å². The molecule has 98 valence electrons. The number of aliphatic hydroxyl groups excluding tert-OH is 1. The number of hydrogen-bond donors (Lipinski definition) is 3. The molecule has 0 saturated heterocycles. The maximum absolute atomic E-state index is 11.7. The van der Waals surface area contributed by atoms with Crippen LogP contribution in [0.5, 0.6) is 0 Å². The van der Waals surface area contributed by atoms with Crippen molar-refractivity contribution in [3.8, 4) is 0 Å². The summed E-state index contributed by atoms with van der Waals surface area (Å²) in [5.74, 6) is 0. The molecule has 0 bridgehead atoms. The molecular weight excluding hydrogens is 240 g/mol. The number of H-pyrrole nitrogens is 1. The third kappa shape index (κ3) is 4.89. The molecule has 0 spiro atoms. The van der Waals surface area contributed by atoms with E-state index in [1.807, 2.05) is 20.8 Å². The molecular formula is C11H20N2O3S. The molecule has 0 aliphatic heterocycles. The van der Waals surface area contributed by atoms with E-state index in [0.717, 1.165) is 0 Å². The fourth-order valence-electron chi connectivity index (χ4n) is 1.54. The first-order valence-corrected chi connectivity index (χ1v) is 6.99. The van der Waals surface area contributed by atoms with Crippen LogP contribution in [0.3, 0.4) is 0 Å². The van der Waals surface area contributed by atoms with Crippen molar-refractivity contribution in [1.82, 2.24) is 9.71 Å². The average molecular weight is 260 g/mol. The lowest BCUT2D eigenvalue weighted by Crippen LogP contribution is -2.34. The van der Waals surface area contributed by atoms with Gasteiger partial charge >= 0.3 is 0 Å². The number of aromatic amines is 1. The smallest absolute Gasteiger partial charge is 0.242 e. The van der Waals surface area contributed by atoms with Crippen LogP contribution in [0.4, 0.5) is 0 Å². The minimum Gasteiger partial charge on any atom is -0.392 e. The third-order valence-corrected chi connectivity index (χ3v) is 3.66. The van der Waals surface area contributed by atoms with Gasteiger partial charge in [-0.2, -0.15) is 0 Å². The molecule has 0 radical (unpaired) electrons. The number of hydrogen-bond acceptors (Lipinski definition) is 3. The van der Waals surface area contributed by atoms with Gasteiger partial charge in [-0.05, 0) is 17.9 Å². The highest BCUT2D eigenvalue weighted by atomic mass is 32.2. The van der Waals surface area contributed by atoms with Crippen molar-refractivity contribution in [3.63, 3.8) is 0 Å². The zero-order chi connectivity index (χ0) is 13.1. The van der Waals surface area contributed by atoms with Crippen molar-refractivity contribution < 1.29 is 13.5 Å². The minimum atomic E-state index is -3.51. The van der Waals surface area contributed by atoms with Crippen LogP contribution in [0.1, 0.15) is 27.2 Å². The summed E-state index contributed by atoms with van der Waals surface area (Å²) >= 11 is 0. The average Bonchev–Trinajstić information content (AvgIpc) is 2.65. The Hall–Kier alpha value is -0.850. The van der Waals surface area contributed by atoms with E-state index in [1.165, 1.54) is 12.3 Å². The molecule has 1 atom stereocenters. The first kappa shape index (κ1) is 14.2. The van der Waals surface area contributed by atoms with Crippen LogP contribution >= 0.6 is 0 Å². The second-order valence-corrected chi connectivity index (χ2v) is 7.08. The molecule has 0 amide bonds. The van der Waals surface area contributed by atoms with Gasteiger partial charge in [-0.15, -0.1) is 0 Å². The van der Waals surface area contributed by atoms with E-state index in [4.69, 9.17) is 0 Å². The van der Waals surface area contributed by atoms with E-state index in [0.29, 0.717) is 6.42 Å². The first-order valence-electron chi connectivity index (χ1n) is 5.51. The van der Waals surface area contributed by atoms with E-state index in [1.54, 1.807) is 6.20 Å². The Morgan fingerprint density at radius 2 is 2.12 bits per heavy atom. The number of aliphatic hydroxyl groups is 1. The van der Waals surface area contributed by atoms with Crippen LogP contribution in [0.25, 0.3) is 0 Å². The van der Waals surface area contributed by atoms with E-state index in [2.05, 4.69) is 9.71 Å². The van der Waals surface area contributed by atoms with Gasteiger partial charge in [-0.25, -0.2) is 13.1 Å². The molecule has 1 aromatic heterocycles. The fourth-order valence-corrected chi connectivity index (χ4v) is 2.59. The highest BCUT2D eigenvalue weighted by Crippen LogP contribution is 2.20. The second-order valence-electron chi connectivity index (χ2n) is 5.32. The number of nitrogens with one attached hydrogen (secondary N) is 2. The van der Waals surface area contributed by atoms with Gasteiger partial charge in [0.2, 0.25) is 10.0 Å². The monoisotopic (exact) mass is 260 g/mol. The normalized spacial score (nSPS) is 14.8. The Morgan fingerprint density at radius 3 is 2.59 bits per heavy atom. The van der Waals surface area contributed by atoms with Crippen LogP contribution in [0.2, 0.25) is 0 Å². The lowest BCUT2D eigenvalue weighted by Gasteiger charge is -2.22. The summed E-state index contributed by atoms with van der Waals surface area (Å²) in [6.07, 6.45) is 2.81. The Kier molecular flexibility index (Phi) is 4.35. The van der Waals surface area contributed by atoms with Crippen LogP contribution in [-0.2, 0) is 10.0 Å². The predicted octanol–water partition coefficient (Wildman–Crippen LogP) is 1.09. The van der Waals surface area contributed by atoms with Crippen molar-refractivity contribution in [3.05, 3.63) is 18.5 Å². The molecule has 0 saturated carbocycles. The molecule has 3 N–H and O–H groups in total. The predicted molar refractivity (Wildman–Crippen MR) is 66.1 cm³/mol. The summed E-state index contributed by atoms with van der Waals surface area (Å²) in [6.45, 7) is 6.02. The molecule has 1 rings (SSSR count). The highest BCUT2D eigenvalue weighted by Gasteiger charge is 2.20. The fraction of sp³-hybridized carbons (Fsp3) is 0.636. The van der Waals surface area contributed by atoms with Gasteiger partial charge in [-0.1, -0.05) is 20.8 Å².